The second-order valence-corrected chi connectivity index (χ2v) is 3.68. The van der Waals surface area contributed by atoms with Crippen molar-refractivity contribution < 1.29 is 19.0 Å². The average molecular weight is 262 g/mol. The summed E-state index contributed by atoms with van der Waals surface area (Å²) in [6.07, 6.45) is -0.708. The zero-order chi connectivity index (χ0) is 12.8. The molecule has 4 nitrogen and oxygen atoms in total. The van der Waals surface area contributed by atoms with Crippen LogP contribution in [0.2, 0.25) is 0 Å². The molecular weight excluding hydrogens is 249 g/mol. The van der Waals surface area contributed by atoms with Crippen LogP contribution in [-0.2, 0) is 4.74 Å². The largest absolute Gasteiger partial charge is 0.465 e. The fourth-order valence-electron chi connectivity index (χ4n) is 1.19. The number of aliphatic hydroxyl groups is 1. The molecule has 0 aliphatic heterocycles. The van der Waals surface area contributed by atoms with Crippen LogP contribution in [0.25, 0.3) is 0 Å². The highest BCUT2D eigenvalue weighted by atomic mass is 35.5. The fourth-order valence-corrected chi connectivity index (χ4v) is 1.30. The smallest absolute Gasteiger partial charge is 0.340 e. The third kappa shape index (κ3) is 3.87. The number of benzene rings is 1. The Hall–Kier alpha value is -1.33. The number of aliphatic hydroxyl groups excluding tert-OH is 1. The lowest BCUT2D eigenvalue weighted by Crippen LogP contribution is -2.20. The van der Waals surface area contributed by atoms with E-state index in [0.717, 1.165) is 6.07 Å². The van der Waals surface area contributed by atoms with E-state index in [0.29, 0.717) is 5.69 Å². The average Bonchev–Trinajstić information content (AvgIpc) is 2.35. The first-order valence-corrected chi connectivity index (χ1v) is 5.47. The molecule has 0 aliphatic rings. The number of hydrogen-bond donors (Lipinski definition) is 2. The lowest BCUT2D eigenvalue weighted by molar-refractivity contribution is 0.0595. The van der Waals surface area contributed by atoms with Gasteiger partial charge in [0.1, 0.15) is 5.82 Å². The number of rotatable bonds is 5. The molecule has 1 aromatic carbocycles. The quantitative estimate of drug-likeness (QED) is 0.625. The molecule has 0 fully saturated rings. The number of alkyl halides is 1. The normalized spacial score (nSPS) is 12.0. The lowest BCUT2D eigenvalue weighted by Gasteiger charge is -2.10. The van der Waals surface area contributed by atoms with Gasteiger partial charge in [0, 0.05) is 12.2 Å². The van der Waals surface area contributed by atoms with Gasteiger partial charge in [-0.1, -0.05) is 0 Å². The molecular formula is C11H13ClFNO3. The summed E-state index contributed by atoms with van der Waals surface area (Å²) in [6, 6.07) is 4.00. The Kier molecular flexibility index (Phi) is 5.18. The Morgan fingerprint density at radius 3 is 2.88 bits per heavy atom. The summed E-state index contributed by atoms with van der Waals surface area (Å²) < 4.78 is 17.9. The van der Waals surface area contributed by atoms with Gasteiger partial charge in [-0.25, -0.2) is 9.18 Å². The number of carbonyl (C=O) groups is 1. The third-order valence-electron chi connectivity index (χ3n) is 2.09. The van der Waals surface area contributed by atoms with Gasteiger partial charge in [0.2, 0.25) is 0 Å². The van der Waals surface area contributed by atoms with Gasteiger partial charge in [-0.3, -0.25) is 0 Å². The molecule has 0 radical (unpaired) electrons. The molecule has 0 saturated heterocycles. The maximum Gasteiger partial charge on any atom is 0.340 e. The number of nitrogens with one attached hydrogen (secondary N) is 1. The number of anilines is 1. The summed E-state index contributed by atoms with van der Waals surface area (Å²) in [6.45, 7) is 0.209. The number of carbonyl (C=O) groups excluding carboxylic acids is 1. The van der Waals surface area contributed by atoms with Gasteiger partial charge in [-0.05, 0) is 18.2 Å². The maximum atomic E-state index is 13.5. The number of esters is 1. The Morgan fingerprint density at radius 1 is 1.65 bits per heavy atom. The summed E-state index contributed by atoms with van der Waals surface area (Å²) in [5.41, 5.74) is 0.329. The summed E-state index contributed by atoms with van der Waals surface area (Å²) in [7, 11) is 1.19. The van der Waals surface area contributed by atoms with Gasteiger partial charge in [-0.2, -0.15) is 0 Å². The third-order valence-corrected chi connectivity index (χ3v) is 2.45. The van der Waals surface area contributed by atoms with Crippen LogP contribution in [0.1, 0.15) is 10.4 Å². The Balaban J connectivity index is 2.72. The van der Waals surface area contributed by atoms with E-state index in [4.69, 9.17) is 11.6 Å². The molecule has 0 spiro atoms. The Bertz CT molecular complexity index is 400. The van der Waals surface area contributed by atoms with Crippen molar-refractivity contribution in [3.8, 4) is 0 Å². The summed E-state index contributed by atoms with van der Waals surface area (Å²) in [4.78, 5) is 11.1. The zero-order valence-electron chi connectivity index (χ0n) is 9.24. The first kappa shape index (κ1) is 13.7. The fraction of sp³-hybridized carbons (Fsp3) is 0.364. The number of ether oxygens (including phenoxy) is 1. The SMILES string of the molecule is COC(=O)c1ccc(NCC(O)CCl)cc1F. The minimum Gasteiger partial charge on any atom is -0.465 e. The van der Waals surface area contributed by atoms with E-state index in [1.807, 2.05) is 0 Å². The van der Waals surface area contributed by atoms with Crippen LogP contribution in [0.15, 0.2) is 18.2 Å². The highest BCUT2D eigenvalue weighted by Crippen LogP contribution is 2.15. The highest BCUT2D eigenvalue weighted by Gasteiger charge is 2.12. The first-order valence-electron chi connectivity index (χ1n) is 4.94. The molecule has 6 heteroatoms. The predicted molar refractivity (Wildman–Crippen MR) is 63.0 cm³/mol. The molecule has 1 unspecified atom stereocenters. The van der Waals surface area contributed by atoms with E-state index in [1.54, 1.807) is 0 Å². The van der Waals surface area contributed by atoms with Crippen LogP contribution in [-0.4, -0.2) is 36.7 Å². The number of halogens is 2. The van der Waals surface area contributed by atoms with Crippen molar-refractivity contribution in [2.75, 3.05) is 24.9 Å². The van der Waals surface area contributed by atoms with Crippen LogP contribution in [0.5, 0.6) is 0 Å². The summed E-state index contributed by atoms with van der Waals surface area (Å²) in [5.74, 6) is -1.31. The van der Waals surface area contributed by atoms with Crippen molar-refractivity contribution in [3.05, 3.63) is 29.6 Å². The molecule has 17 heavy (non-hydrogen) atoms. The topological polar surface area (TPSA) is 58.6 Å². The van der Waals surface area contributed by atoms with Crippen LogP contribution in [0.4, 0.5) is 10.1 Å². The molecule has 0 heterocycles. The van der Waals surface area contributed by atoms with E-state index < -0.39 is 17.9 Å². The monoisotopic (exact) mass is 261 g/mol. The van der Waals surface area contributed by atoms with E-state index in [2.05, 4.69) is 10.1 Å². The van der Waals surface area contributed by atoms with Gasteiger partial charge in [0.25, 0.3) is 0 Å². The van der Waals surface area contributed by atoms with Crippen molar-refractivity contribution in [2.24, 2.45) is 0 Å². The van der Waals surface area contributed by atoms with Gasteiger partial charge < -0.3 is 15.2 Å². The molecule has 2 N–H and O–H groups in total. The summed E-state index contributed by atoms with van der Waals surface area (Å²) >= 11 is 5.41. The van der Waals surface area contributed by atoms with E-state index >= 15 is 0 Å². The van der Waals surface area contributed by atoms with Crippen LogP contribution >= 0.6 is 11.6 Å². The second-order valence-electron chi connectivity index (χ2n) is 3.38. The van der Waals surface area contributed by atoms with Crippen molar-refractivity contribution >= 4 is 23.3 Å². The van der Waals surface area contributed by atoms with Gasteiger partial charge in [-0.15, -0.1) is 11.6 Å². The Morgan fingerprint density at radius 2 is 2.35 bits per heavy atom. The van der Waals surface area contributed by atoms with Gasteiger partial charge in [0.05, 0.1) is 24.7 Å². The van der Waals surface area contributed by atoms with Crippen molar-refractivity contribution in [2.45, 2.75) is 6.10 Å². The van der Waals surface area contributed by atoms with Crippen molar-refractivity contribution in [1.82, 2.24) is 0 Å². The molecule has 1 rings (SSSR count). The predicted octanol–water partition coefficient (Wildman–Crippen LogP) is 1.62. The second kappa shape index (κ2) is 6.42. The van der Waals surface area contributed by atoms with Crippen LogP contribution in [0.3, 0.4) is 0 Å². The summed E-state index contributed by atoms with van der Waals surface area (Å²) in [5, 5.41) is 12.0. The maximum absolute atomic E-state index is 13.5. The first-order chi connectivity index (χ1) is 8.08. The zero-order valence-corrected chi connectivity index (χ0v) is 10.00. The minimum atomic E-state index is -0.727. The van der Waals surface area contributed by atoms with E-state index in [-0.39, 0.29) is 18.0 Å². The van der Waals surface area contributed by atoms with E-state index in [1.165, 1.54) is 19.2 Å². The minimum absolute atomic E-state index is 0.0930. The van der Waals surface area contributed by atoms with Crippen LogP contribution < -0.4 is 5.32 Å². The highest BCUT2D eigenvalue weighted by molar-refractivity contribution is 6.18. The number of hydrogen-bond acceptors (Lipinski definition) is 4. The molecule has 0 bridgehead atoms. The van der Waals surface area contributed by atoms with Gasteiger partial charge >= 0.3 is 5.97 Å². The molecule has 0 aliphatic carbocycles. The molecule has 0 amide bonds. The molecule has 0 saturated carbocycles. The van der Waals surface area contributed by atoms with Gasteiger partial charge in [0.15, 0.2) is 0 Å². The van der Waals surface area contributed by atoms with Crippen LogP contribution in [0, 0.1) is 5.82 Å². The molecule has 94 valence electrons. The van der Waals surface area contributed by atoms with E-state index in [9.17, 15) is 14.3 Å². The molecule has 1 atom stereocenters. The number of methoxy groups -OCH3 is 1. The lowest BCUT2D eigenvalue weighted by atomic mass is 10.2. The molecule has 0 aromatic heterocycles. The van der Waals surface area contributed by atoms with Crippen molar-refractivity contribution in [3.63, 3.8) is 0 Å². The Labute approximate surface area is 103 Å². The molecule has 1 aromatic rings. The standard InChI is InChI=1S/C11H13ClFNO3/c1-17-11(16)9-3-2-7(4-10(9)13)14-6-8(15)5-12/h2-4,8,14-15H,5-6H2,1H3. The van der Waals surface area contributed by atoms with Crippen molar-refractivity contribution in [1.29, 1.82) is 0 Å².